The first-order valence-electron chi connectivity index (χ1n) is 4.38. The zero-order chi connectivity index (χ0) is 11.0. The van der Waals surface area contributed by atoms with Crippen molar-refractivity contribution in [2.45, 2.75) is 6.04 Å². The molecule has 0 saturated heterocycles. The molecule has 0 bridgehead atoms. The molecule has 1 atom stereocenters. The summed E-state index contributed by atoms with van der Waals surface area (Å²) in [5.41, 5.74) is 6.53. The number of aliphatic carboxylic acids is 1. The number of carboxylic acids is 1. The smallest absolute Gasteiger partial charge is 0.326 e. The Kier molecular flexibility index (Phi) is 2.09. The molecule has 1 aromatic heterocycles. The Bertz CT molecular complexity index is 518. The van der Waals surface area contributed by atoms with Crippen LogP contribution in [0.2, 0.25) is 0 Å². The van der Waals surface area contributed by atoms with E-state index < -0.39 is 12.0 Å². The van der Waals surface area contributed by atoms with E-state index >= 15 is 0 Å². The molecule has 1 heterocycles. The van der Waals surface area contributed by atoms with E-state index in [0.717, 1.165) is 5.39 Å². The van der Waals surface area contributed by atoms with Crippen molar-refractivity contribution >= 4 is 16.9 Å². The highest BCUT2D eigenvalue weighted by atomic mass is 16.4. The van der Waals surface area contributed by atoms with Crippen LogP contribution >= 0.6 is 0 Å². The second-order valence-electron chi connectivity index (χ2n) is 3.31. The highest BCUT2D eigenvalue weighted by Crippen LogP contribution is 2.22. The highest BCUT2D eigenvalue weighted by Gasteiger charge is 2.16. The topological polar surface area (TPSA) is 99.3 Å². The van der Waals surface area contributed by atoms with Crippen molar-refractivity contribution in [3.05, 3.63) is 30.0 Å². The lowest BCUT2D eigenvalue weighted by Crippen LogP contribution is -2.20. The number of carboxylic acid groups (broad SMARTS) is 1. The third kappa shape index (κ3) is 1.64. The van der Waals surface area contributed by atoms with Crippen molar-refractivity contribution in [1.82, 2.24) is 4.98 Å². The molecule has 0 saturated carbocycles. The number of carbonyl (C=O) groups is 1. The van der Waals surface area contributed by atoms with Crippen molar-refractivity contribution in [2.75, 3.05) is 0 Å². The van der Waals surface area contributed by atoms with Crippen LogP contribution in [0.25, 0.3) is 10.9 Å². The molecule has 5 N–H and O–H groups in total. The summed E-state index contributed by atoms with van der Waals surface area (Å²) in [5, 5.41) is 18.8. The lowest BCUT2D eigenvalue weighted by Gasteiger charge is -2.01. The van der Waals surface area contributed by atoms with Gasteiger partial charge in [0.25, 0.3) is 0 Å². The Morgan fingerprint density at radius 3 is 2.80 bits per heavy atom. The van der Waals surface area contributed by atoms with Gasteiger partial charge in [-0.15, -0.1) is 0 Å². The lowest BCUT2D eigenvalue weighted by atomic mass is 10.2. The molecular formula is C10H10N2O3. The second-order valence-corrected chi connectivity index (χ2v) is 3.31. The van der Waals surface area contributed by atoms with Gasteiger partial charge in [0.1, 0.15) is 11.8 Å². The van der Waals surface area contributed by atoms with E-state index in [4.69, 9.17) is 10.8 Å². The van der Waals surface area contributed by atoms with E-state index in [-0.39, 0.29) is 5.75 Å². The van der Waals surface area contributed by atoms with E-state index in [2.05, 4.69) is 4.98 Å². The third-order valence-corrected chi connectivity index (χ3v) is 2.23. The van der Waals surface area contributed by atoms with E-state index in [0.29, 0.717) is 11.2 Å². The van der Waals surface area contributed by atoms with Gasteiger partial charge in [0.05, 0.1) is 0 Å². The van der Waals surface area contributed by atoms with E-state index in [1.807, 2.05) is 0 Å². The third-order valence-electron chi connectivity index (χ3n) is 2.23. The number of hydrogen-bond acceptors (Lipinski definition) is 3. The molecule has 0 aliphatic carbocycles. The number of aromatic hydroxyl groups is 1. The minimum Gasteiger partial charge on any atom is -0.508 e. The van der Waals surface area contributed by atoms with Gasteiger partial charge in [0.15, 0.2) is 0 Å². The van der Waals surface area contributed by atoms with Crippen LogP contribution in [0, 0.1) is 0 Å². The van der Waals surface area contributed by atoms with E-state index in [1.165, 1.54) is 12.1 Å². The van der Waals surface area contributed by atoms with Crippen LogP contribution in [-0.4, -0.2) is 21.2 Å². The number of H-pyrrole nitrogens is 1. The highest BCUT2D eigenvalue weighted by molar-refractivity contribution is 5.84. The van der Waals surface area contributed by atoms with Gasteiger partial charge in [-0.05, 0) is 23.6 Å². The monoisotopic (exact) mass is 206 g/mol. The van der Waals surface area contributed by atoms with E-state index in [1.54, 1.807) is 12.1 Å². The number of aromatic nitrogens is 1. The van der Waals surface area contributed by atoms with Crippen LogP contribution in [0.4, 0.5) is 0 Å². The minimum absolute atomic E-state index is 0.125. The molecule has 2 rings (SSSR count). The van der Waals surface area contributed by atoms with Gasteiger partial charge in [-0.3, -0.25) is 4.79 Å². The molecule has 0 amide bonds. The number of nitrogens with two attached hydrogens (primary N) is 1. The van der Waals surface area contributed by atoms with Crippen molar-refractivity contribution in [2.24, 2.45) is 5.73 Å². The number of nitrogens with one attached hydrogen (secondary N) is 1. The Hall–Kier alpha value is -2.01. The van der Waals surface area contributed by atoms with Crippen LogP contribution < -0.4 is 5.73 Å². The van der Waals surface area contributed by atoms with Gasteiger partial charge in [0.2, 0.25) is 0 Å². The minimum atomic E-state index is -1.09. The first kappa shape index (κ1) is 9.54. The summed E-state index contributed by atoms with van der Waals surface area (Å²) in [6, 6.07) is 5.34. The number of fused-ring (bicyclic) bond motifs is 1. The first-order chi connectivity index (χ1) is 7.08. The molecule has 2 aromatic rings. The van der Waals surface area contributed by atoms with Gasteiger partial charge in [-0.2, -0.15) is 0 Å². The van der Waals surface area contributed by atoms with Gasteiger partial charge in [-0.25, -0.2) is 0 Å². The number of benzene rings is 1. The van der Waals surface area contributed by atoms with Gasteiger partial charge in [0, 0.05) is 17.3 Å². The molecule has 0 radical (unpaired) electrons. The number of phenols is 1. The largest absolute Gasteiger partial charge is 0.508 e. The SMILES string of the molecule is NC(C(=O)O)c1cc2ccc(O)cc2[nH]1. The molecular weight excluding hydrogens is 196 g/mol. The zero-order valence-corrected chi connectivity index (χ0v) is 7.77. The number of hydrogen-bond donors (Lipinski definition) is 4. The maximum absolute atomic E-state index is 10.6. The van der Waals surface area contributed by atoms with Crippen molar-refractivity contribution in [3.63, 3.8) is 0 Å². The summed E-state index contributed by atoms with van der Waals surface area (Å²) in [4.78, 5) is 13.5. The summed E-state index contributed by atoms with van der Waals surface area (Å²) in [6.45, 7) is 0. The van der Waals surface area contributed by atoms with Crippen LogP contribution in [-0.2, 0) is 4.79 Å². The molecule has 5 nitrogen and oxygen atoms in total. The maximum atomic E-state index is 10.6. The molecule has 0 fully saturated rings. The fraction of sp³-hybridized carbons (Fsp3) is 0.100. The Balaban J connectivity index is 2.51. The quantitative estimate of drug-likeness (QED) is 0.588. The van der Waals surface area contributed by atoms with Crippen molar-refractivity contribution < 1.29 is 15.0 Å². The van der Waals surface area contributed by atoms with Crippen LogP contribution in [0.1, 0.15) is 11.7 Å². The molecule has 0 aliphatic heterocycles. The molecule has 15 heavy (non-hydrogen) atoms. The van der Waals surface area contributed by atoms with Crippen LogP contribution in [0.5, 0.6) is 5.75 Å². The van der Waals surface area contributed by atoms with Crippen molar-refractivity contribution in [3.8, 4) is 5.75 Å². The van der Waals surface area contributed by atoms with E-state index in [9.17, 15) is 9.90 Å². The maximum Gasteiger partial charge on any atom is 0.326 e. The Morgan fingerprint density at radius 2 is 2.13 bits per heavy atom. The molecule has 0 aliphatic rings. The predicted molar refractivity (Wildman–Crippen MR) is 54.5 cm³/mol. The Morgan fingerprint density at radius 1 is 1.40 bits per heavy atom. The fourth-order valence-corrected chi connectivity index (χ4v) is 1.44. The molecule has 1 unspecified atom stereocenters. The molecule has 5 heteroatoms. The number of phenolic OH excluding ortho intramolecular Hbond substituents is 1. The summed E-state index contributed by atoms with van der Waals surface area (Å²) in [5.74, 6) is -0.967. The van der Waals surface area contributed by atoms with Crippen LogP contribution in [0.3, 0.4) is 0 Å². The normalized spacial score (nSPS) is 12.9. The summed E-state index contributed by atoms with van der Waals surface area (Å²) in [7, 11) is 0. The predicted octanol–water partition coefficient (Wildman–Crippen LogP) is 0.958. The van der Waals surface area contributed by atoms with Gasteiger partial charge < -0.3 is 20.9 Å². The average molecular weight is 206 g/mol. The average Bonchev–Trinajstić information content (AvgIpc) is 2.58. The first-order valence-corrected chi connectivity index (χ1v) is 4.38. The summed E-state index contributed by atoms with van der Waals surface area (Å²) < 4.78 is 0. The molecule has 78 valence electrons. The molecule has 1 aromatic carbocycles. The zero-order valence-electron chi connectivity index (χ0n) is 7.77. The van der Waals surface area contributed by atoms with Crippen molar-refractivity contribution in [1.29, 1.82) is 0 Å². The van der Waals surface area contributed by atoms with Gasteiger partial charge in [-0.1, -0.05) is 0 Å². The number of aromatic amines is 1. The number of rotatable bonds is 2. The summed E-state index contributed by atoms with van der Waals surface area (Å²) in [6.07, 6.45) is 0. The van der Waals surface area contributed by atoms with Gasteiger partial charge >= 0.3 is 5.97 Å². The Labute approximate surface area is 85.1 Å². The van der Waals surface area contributed by atoms with Crippen LogP contribution in [0.15, 0.2) is 24.3 Å². The lowest BCUT2D eigenvalue weighted by molar-refractivity contribution is -0.138. The molecule has 0 spiro atoms. The standard InChI is InChI=1S/C10H10N2O3/c11-9(10(14)15)8-3-5-1-2-6(13)4-7(5)12-8/h1-4,9,12-13H,11H2,(H,14,15). The summed E-state index contributed by atoms with van der Waals surface area (Å²) >= 11 is 0. The fourth-order valence-electron chi connectivity index (χ4n) is 1.44. The second kappa shape index (κ2) is 3.29.